The summed E-state index contributed by atoms with van der Waals surface area (Å²) in [4.78, 5) is 10.1. The molecule has 11 heavy (non-hydrogen) atoms. The Kier molecular flexibility index (Phi) is 4.34. The van der Waals surface area contributed by atoms with E-state index in [0.717, 1.165) is 6.29 Å². The predicted molar refractivity (Wildman–Crippen MR) is 45.6 cm³/mol. The van der Waals surface area contributed by atoms with Gasteiger partial charge < -0.3 is 9.53 Å². The number of hydrogen-bond donors (Lipinski definition) is 0. The molecule has 0 saturated heterocycles. The second kappa shape index (κ2) is 4.50. The van der Waals surface area contributed by atoms with Crippen LogP contribution in [0, 0.1) is 5.92 Å². The molecule has 0 fully saturated rings. The third kappa shape index (κ3) is 7.53. The van der Waals surface area contributed by atoms with Crippen molar-refractivity contribution >= 4 is 6.29 Å². The quantitative estimate of drug-likeness (QED) is 0.585. The van der Waals surface area contributed by atoms with E-state index < -0.39 is 0 Å². The maximum atomic E-state index is 10.1. The van der Waals surface area contributed by atoms with Crippen LogP contribution >= 0.6 is 0 Å². The van der Waals surface area contributed by atoms with Crippen LogP contribution in [-0.4, -0.2) is 18.5 Å². The minimum absolute atomic E-state index is 0.0862. The molecular formula is C9H18O2. The molecule has 0 amide bonds. The zero-order valence-electron chi connectivity index (χ0n) is 7.89. The van der Waals surface area contributed by atoms with Crippen LogP contribution in [0.25, 0.3) is 0 Å². The van der Waals surface area contributed by atoms with Crippen LogP contribution in [0.5, 0.6) is 0 Å². The second-order valence-electron chi connectivity index (χ2n) is 3.93. The largest absolute Gasteiger partial charge is 0.376 e. The van der Waals surface area contributed by atoms with Gasteiger partial charge in [0.05, 0.1) is 12.2 Å². The summed E-state index contributed by atoms with van der Waals surface area (Å²) in [6.07, 6.45) is 1.53. The molecule has 0 aliphatic rings. The van der Waals surface area contributed by atoms with E-state index in [0.29, 0.717) is 18.9 Å². The topological polar surface area (TPSA) is 26.3 Å². The Morgan fingerprint density at radius 2 is 2.00 bits per heavy atom. The van der Waals surface area contributed by atoms with E-state index in [-0.39, 0.29) is 5.60 Å². The Balaban J connectivity index is 3.45. The van der Waals surface area contributed by atoms with Crippen molar-refractivity contribution in [3.8, 4) is 0 Å². The summed E-state index contributed by atoms with van der Waals surface area (Å²) in [5.41, 5.74) is -0.0862. The predicted octanol–water partition coefficient (Wildman–Crippen LogP) is 2.03. The first kappa shape index (κ1) is 10.6. The van der Waals surface area contributed by atoms with Crippen molar-refractivity contribution in [1.82, 2.24) is 0 Å². The van der Waals surface area contributed by atoms with Gasteiger partial charge in [-0.1, -0.05) is 6.92 Å². The normalized spacial score (nSPS) is 14.5. The van der Waals surface area contributed by atoms with Crippen molar-refractivity contribution in [2.24, 2.45) is 5.92 Å². The zero-order valence-corrected chi connectivity index (χ0v) is 7.89. The fourth-order valence-corrected chi connectivity index (χ4v) is 0.625. The van der Waals surface area contributed by atoms with Gasteiger partial charge in [0.1, 0.15) is 6.29 Å². The number of rotatable bonds is 4. The van der Waals surface area contributed by atoms with Crippen LogP contribution in [0.2, 0.25) is 0 Å². The van der Waals surface area contributed by atoms with E-state index in [1.54, 1.807) is 0 Å². The molecule has 0 heterocycles. The third-order valence-corrected chi connectivity index (χ3v) is 1.30. The lowest BCUT2D eigenvalue weighted by Gasteiger charge is -2.21. The summed E-state index contributed by atoms with van der Waals surface area (Å²) in [5.74, 6) is 0.340. The molecule has 0 aromatic heterocycles. The van der Waals surface area contributed by atoms with Crippen LogP contribution < -0.4 is 0 Å². The average molecular weight is 158 g/mol. The Hall–Kier alpha value is -0.370. The van der Waals surface area contributed by atoms with Crippen LogP contribution in [0.1, 0.15) is 34.1 Å². The lowest BCUT2D eigenvalue weighted by atomic mass is 10.1. The minimum atomic E-state index is -0.0862. The number of carbonyl (C=O) groups is 1. The summed E-state index contributed by atoms with van der Waals surface area (Å²) >= 11 is 0. The van der Waals surface area contributed by atoms with Crippen LogP contribution in [0.15, 0.2) is 0 Å². The van der Waals surface area contributed by atoms with Gasteiger partial charge in [0.15, 0.2) is 0 Å². The fraction of sp³-hybridized carbons (Fsp3) is 0.889. The van der Waals surface area contributed by atoms with E-state index >= 15 is 0 Å². The Bertz CT molecular complexity index is 113. The molecule has 0 aromatic rings. The van der Waals surface area contributed by atoms with Gasteiger partial charge >= 0.3 is 0 Å². The first-order valence-corrected chi connectivity index (χ1v) is 4.03. The van der Waals surface area contributed by atoms with Gasteiger partial charge in [-0.2, -0.15) is 0 Å². The lowest BCUT2D eigenvalue weighted by Crippen LogP contribution is -2.22. The first-order chi connectivity index (χ1) is 4.95. The van der Waals surface area contributed by atoms with Crippen LogP contribution in [0.4, 0.5) is 0 Å². The van der Waals surface area contributed by atoms with Crippen LogP contribution in [-0.2, 0) is 9.53 Å². The molecule has 0 bridgehead atoms. The van der Waals surface area contributed by atoms with Crippen molar-refractivity contribution in [3.63, 3.8) is 0 Å². The molecule has 0 saturated carbocycles. The molecular weight excluding hydrogens is 140 g/mol. The van der Waals surface area contributed by atoms with Gasteiger partial charge in [-0.3, -0.25) is 0 Å². The third-order valence-electron chi connectivity index (χ3n) is 1.30. The standard InChI is InChI=1S/C9H18O2/c1-8(5-6-10)7-11-9(2,3)4/h6,8H,5,7H2,1-4H3/t8-/m1/s1. The summed E-state index contributed by atoms with van der Waals surface area (Å²) in [7, 11) is 0. The van der Waals surface area contributed by atoms with Crippen molar-refractivity contribution in [3.05, 3.63) is 0 Å². The fourth-order valence-electron chi connectivity index (χ4n) is 0.625. The molecule has 0 rings (SSSR count). The first-order valence-electron chi connectivity index (χ1n) is 4.03. The molecule has 0 aromatic carbocycles. The summed E-state index contributed by atoms with van der Waals surface area (Å²) in [6, 6.07) is 0. The van der Waals surface area contributed by atoms with E-state index in [2.05, 4.69) is 0 Å². The number of carbonyl (C=O) groups excluding carboxylic acids is 1. The van der Waals surface area contributed by atoms with E-state index in [9.17, 15) is 4.79 Å². The molecule has 0 aliphatic carbocycles. The molecule has 0 spiro atoms. The Labute approximate surface area is 68.9 Å². The van der Waals surface area contributed by atoms with E-state index in [1.807, 2.05) is 27.7 Å². The number of aldehydes is 1. The van der Waals surface area contributed by atoms with Gasteiger partial charge in [-0.15, -0.1) is 0 Å². The van der Waals surface area contributed by atoms with Gasteiger partial charge in [0, 0.05) is 6.42 Å². The van der Waals surface area contributed by atoms with Crippen molar-refractivity contribution < 1.29 is 9.53 Å². The smallest absolute Gasteiger partial charge is 0.120 e. The lowest BCUT2D eigenvalue weighted by molar-refractivity contribution is -0.109. The molecule has 0 radical (unpaired) electrons. The van der Waals surface area contributed by atoms with Crippen LogP contribution in [0.3, 0.4) is 0 Å². The van der Waals surface area contributed by atoms with Gasteiger partial charge in [0.2, 0.25) is 0 Å². The van der Waals surface area contributed by atoms with Gasteiger partial charge in [-0.05, 0) is 26.7 Å². The van der Waals surface area contributed by atoms with E-state index in [1.165, 1.54) is 0 Å². The summed E-state index contributed by atoms with van der Waals surface area (Å²) < 4.78 is 5.48. The Morgan fingerprint density at radius 3 is 2.36 bits per heavy atom. The highest BCUT2D eigenvalue weighted by Crippen LogP contribution is 2.10. The highest BCUT2D eigenvalue weighted by atomic mass is 16.5. The average Bonchev–Trinajstić information content (AvgIpc) is 1.83. The van der Waals surface area contributed by atoms with Gasteiger partial charge in [-0.25, -0.2) is 0 Å². The number of ether oxygens (including phenoxy) is 1. The van der Waals surface area contributed by atoms with Gasteiger partial charge in [0.25, 0.3) is 0 Å². The Morgan fingerprint density at radius 1 is 1.45 bits per heavy atom. The molecule has 2 heteroatoms. The molecule has 2 nitrogen and oxygen atoms in total. The highest BCUT2D eigenvalue weighted by molar-refractivity contribution is 5.49. The molecule has 0 aliphatic heterocycles. The molecule has 0 unspecified atom stereocenters. The highest BCUT2D eigenvalue weighted by Gasteiger charge is 2.11. The zero-order chi connectivity index (χ0) is 8.91. The SMILES string of the molecule is C[C@H](CC=O)COC(C)(C)C. The summed E-state index contributed by atoms with van der Waals surface area (Å²) in [6.45, 7) is 8.73. The van der Waals surface area contributed by atoms with E-state index in [4.69, 9.17) is 4.74 Å². The maximum Gasteiger partial charge on any atom is 0.120 e. The molecule has 1 atom stereocenters. The monoisotopic (exact) mass is 158 g/mol. The van der Waals surface area contributed by atoms with Crippen molar-refractivity contribution in [2.75, 3.05) is 6.61 Å². The second-order valence-corrected chi connectivity index (χ2v) is 3.93. The number of hydrogen-bond acceptors (Lipinski definition) is 2. The molecule has 0 N–H and O–H groups in total. The maximum absolute atomic E-state index is 10.1. The van der Waals surface area contributed by atoms with Crippen molar-refractivity contribution in [1.29, 1.82) is 0 Å². The van der Waals surface area contributed by atoms with Crippen molar-refractivity contribution in [2.45, 2.75) is 39.7 Å². The molecule has 66 valence electrons. The summed E-state index contributed by atoms with van der Waals surface area (Å²) in [5, 5.41) is 0. The minimum Gasteiger partial charge on any atom is -0.376 e.